The molecule has 1 aliphatic rings. The van der Waals surface area contributed by atoms with Crippen LogP contribution in [0.1, 0.15) is 44.8 Å². The molecule has 0 aromatic carbocycles. The summed E-state index contributed by atoms with van der Waals surface area (Å²) in [7, 11) is 1.93. The summed E-state index contributed by atoms with van der Waals surface area (Å²) in [6.07, 6.45) is 6.75. The van der Waals surface area contributed by atoms with E-state index in [4.69, 9.17) is 10.00 Å². The van der Waals surface area contributed by atoms with Crippen molar-refractivity contribution >= 4 is 0 Å². The van der Waals surface area contributed by atoms with E-state index in [0.29, 0.717) is 12.3 Å². The maximum atomic E-state index is 8.70. The van der Waals surface area contributed by atoms with Gasteiger partial charge < -0.3 is 10.1 Å². The van der Waals surface area contributed by atoms with Gasteiger partial charge in [0.2, 0.25) is 0 Å². The highest BCUT2D eigenvalue weighted by Crippen LogP contribution is 2.34. The zero-order valence-corrected chi connectivity index (χ0v) is 13.3. The minimum atomic E-state index is 0.161. The standard InChI is InChI=1S/C16H26N4O/c1-16(2,6-4-7-17)12-18-9-13-5-8-21-15(13)14-10-19-20(3)11-14/h10-11,13,15,18H,4-6,8-9,12H2,1-3H3/t13-,15+/m1/s1. The molecule has 1 fully saturated rings. The normalized spacial score (nSPS) is 22.4. The fraction of sp³-hybridized carbons (Fsp3) is 0.750. The Balaban J connectivity index is 1.81. The Hall–Kier alpha value is -1.38. The number of nitriles is 1. The van der Waals surface area contributed by atoms with Gasteiger partial charge >= 0.3 is 0 Å². The van der Waals surface area contributed by atoms with Crippen LogP contribution in [0.5, 0.6) is 0 Å². The average molecular weight is 290 g/mol. The summed E-state index contributed by atoms with van der Waals surface area (Å²) in [6.45, 7) is 7.13. The number of ether oxygens (including phenoxy) is 1. The second-order valence-corrected chi connectivity index (χ2v) is 6.74. The van der Waals surface area contributed by atoms with Crippen molar-refractivity contribution in [3.63, 3.8) is 0 Å². The first-order valence-electron chi connectivity index (χ1n) is 7.70. The molecule has 0 bridgehead atoms. The Kier molecular flexibility index (Phi) is 5.38. The fourth-order valence-corrected chi connectivity index (χ4v) is 2.88. The van der Waals surface area contributed by atoms with Crippen LogP contribution < -0.4 is 5.32 Å². The molecule has 1 N–H and O–H groups in total. The molecule has 0 spiro atoms. The molecule has 2 atom stereocenters. The molecular weight excluding hydrogens is 264 g/mol. The molecule has 21 heavy (non-hydrogen) atoms. The lowest BCUT2D eigenvalue weighted by molar-refractivity contribution is 0.0897. The van der Waals surface area contributed by atoms with E-state index in [0.717, 1.165) is 32.5 Å². The lowest BCUT2D eigenvalue weighted by Crippen LogP contribution is -2.33. The van der Waals surface area contributed by atoms with E-state index in [1.165, 1.54) is 5.56 Å². The highest BCUT2D eigenvalue weighted by molar-refractivity contribution is 5.11. The molecule has 5 heteroatoms. The molecule has 1 saturated heterocycles. The van der Waals surface area contributed by atoms with E-state index in [1.54, 1.807) is 0 Å². The zero-order chi connectivity index (χ0) is 15.3. The SMILES string of the molecule is Cn1cc([C@H]2OCC[C@@H]2CNCC(C)(C)CCC#N)cn1. The van der Waals surface area contributed by atoms with Crippen LogP contribution in [-0.4, -0.2) is 29.5 Å². The van der Waals surface area contributed by atoms with Gasteiger partial charge in [0.05, 0.1) is 18.4 Å². The van der Waals surface area contributed by atoms with Gasteiger partial charge in [-0.3, -0.25) is 4.68 Å². The minimum absolute atomic E-state index is 0.161. The number of nitrogens with one attached hydrogen (secondary N) is 1. The largest absolute Gasteiger partial charge is 0.373 e. The van der Waals surface area contributed by atoms with E-state index in [9.17, 15) is 0 Å². The van der Waals surface area contributed by atoms with E-state index in [1.807, 2.05) is 24.1 Å². The smallest absolute Gasteiger partial charge is 0.0896 e. The number of rotatable bonds is 7. The number of hydrogen-bond donors (Lipinski definition) is 1. The molecular formula is C16H26N4O. The first kappa shape index (κ1) is 16.0. The van der Waals surface area contributed by atoms with Gasteiger partial charge in [-0.25, -0.2) is 0 Å². The number of aryl methyl sites for hydroxylation is 1. The van der Waals surface area contributed by atoms with Crippen LogP contribution in [0.15, 0.2) is 12.4 Å². The van der Waals surface area contributed by atoms with Crippen LogP contribution in [-0.2, 0) is 11.8 Å². The Morgan fingerprint density at radius 3 is 3.05 bits per heavy atom. The maximum absolute atomic E-state index is 8.70. The van der Waals surface area contributed by atoms with Crippen molar-refractivity contribution in [2.75, 3.05) is 19.7 Å². The third-order valence-corrected chi connectivity index (χ3v) is 4.19. The summed E-state index contributed by atoms with van der Waals surface area (Å²) >= 11 is 0. The zero-order valence-electron chi connectivity index (χ0n) is 13.3. The van der Waals surface area contributed by atoms with Crippen molar-refractivity contribution in [1.29, 1.82) is 5.26 Å². The minimum Gasteiger partial charge on any atom is -0.373 e. The summed E-state index contributed by atoms with van der Waals surface area (Å²) in [5, 5.41) is 16.5. The number of hydrogen-bond acceptors (Lipinski definition) is 4. The van der Waals surface area contributed by atoms with E-state index in [2.05, 4.69) is 30.3 Å². The maximum Gasteiger partial charge on any atom is 0.0896 e. The molecule has 116 valence electrons. The van der Waals surface area contributed by atoms with Crippen molar-refractivity contribution < 1.29 is 4.74 Å². The molecule has 0 amide bonds. The lowest BCUT2D eigenvalue weighted by Gasteiger charge is -2.26. The first-order valence-corrected chi connectivity index (χ1v) is 7.70. The highest BCUT2D eigenvalue weighted by atomic mass is 16.5. The monoisotopic (exact) mass is 290 g/mol. The van der Waals surface area contributed by atoms with Crippen molar-refractivity contribution in [1.82, 2.24) is 15.1 Å². The molecule has 5 nitrogen and oxygen atoms in total. The summed E-state index contributed by atoms with van der Waals surface area (Å²) < 4.78 is 7.70. The van der Waals surface area contributed by atoms with Gasteiger partial charge in [0.15, 0.2) is 0 Å². The molecule has 0 saturated carbocycles. The van der Waals surface area contributed by atoms with Crippen LogP contribution in [0.25, 0.3) is 0 Å². The average Bonchev–Trinajstić information content (AvgIpc) is 3.05. The lowest BCUT2D eigenvalue weighted by atomic mass is 9.87. The summed E-state index contributed by atoms with van der Waals surface area (Å²) in [5.74, 6) is 0.501. The van der Waals surface area contributed by atoms with Gasteiger partial charge in [0, 0.05) is 50.8 Å². The second-order valence-electron chi connectivity index (χ2n) is 6.74. The van der Waals surface area contributed by atoms with Crippen LogP contribution in [0.2, 0.25) is 0 Å². The van der Waals surface area contributed by atoms with Crippen molar-refractivity contribution in [3.05, 3.63) is 18.0 Å². The third-order valence-electron chi connectivity index (χ3n) is 4.19. The van der Waals surface area contributed by atoms with E-state index < -0.39 is 0 Å². The Morgan fingerprint density at radius 2 is 2.38 bits per heavy atom. The topological polar surface area (TPSA) is 62.9 Å². The van der Waals surface area contributed by atoms with Crippen LogP contribution >= 0.6 is 0 Å². The Morgan fingerprint density at radius 1 is 1.57 bits per heavy atom. The molecule has 0 aliphatic carbocycles. The first-order chi connectivity index (χ1) is 10.0. The van der Waals surface area contributed by atoms with E-state index >= 15 is 0 Å². The van der Waals surface area contributed by atoms with Gasteiger partial charge in [-0.05, 0) is 18.3 Å². The Labute approximate surface area is 127 Å². The molecule has 1 aromatic heterocycles. The van der Waals surface area contributed by atoms with Gasteiger partial charge in [0.1, 0.15) is 0 Å². The van der Waals surface area contributed by atoms with Gasteiger partial charge in [-0.1, -0.05) is 13.8 Å². The van der Waals surface area contributed by atoms with Gasteiger partial charge in [-0.15, -0.1) is 0 Å². The Bertz CT molecular complexity index is 489. The number of nitrogens with zero attached hydrogens (tertiary/aromatic N) is 3. The predicted octanol–water partition coefficient (Wildman–Crippen LogP) is 2.42. The van der Waals surface area contributed by atoms with Crippen LogP contribution in [0, 0.1) is 22.7 Å². The van der Waals surface area contributed by atoms with E-state index in [-0.39, 0.29) is 11.5 Å². The molecule has 1 aromatic rings. The molecule has 0 unspecified atom stereocenters. The van der Waals surface area contributed by atoms with Gasteiger partial charge in [0.25, 0.3) is 0 Å². The quantitative estimate of drug-likeness (QED) is 0.837. The summed E-state index contributed by atoms with van der Waals surface area (Å²) in [6, 6.07) is 2.23. The molecule has 1 aliphatic heterocycles. The molecule has 0 radical (unpaired) electrons. The molecule has 2 heterocycles. The predicted molar refractivity (Wildman–Crippen MR) is 81.5 cm³/mol. The van der Waals surface area contributed by atoms with Crippen molar-refractivity contribution in [3.8, 4) is 6.07 Å². The number of aromatic nitrogens is 2. The summed E-state index contributed by atoms with van der Waals surface area (Å²) in [4.78, 5) is 0. The molecule has 2 rings (SSSR count). The van der Waals surface area contributed by atoms with Crippen LogP contribution in [0.4, 0.5) is 0 Å². The van der Waals surface area contributed by atoms with Crippen molar-refractivity contribution in [2.24, 2.45) is 18.4 Å². The van der Waals surface area contributed by atoms with Gasteiger partial charge in [-0.2, -0.15) is 10.4 Å². The van der Waals surface area contributed by atoms with Crippen molar-refractivity contribution in [2.45, 2.75) is 39.2 Å². The summed E-state index contributed by atoms with van der Waals surface area (Å²) in [5.41, 5.74) is 1.34. The fourth-order valence-electron chi connectivity index (χ4n) is 2.88. The third kappa shape index (κ3) is 4.55. The van der Waals surface area contributed by atoms with Crippen LogP contribution in [0.3, 0.4) is 0 Å². The highest BCUT2D eigenvalue weighted by Gasteiger charge is 2.30. The second kappa shape index (κ2) is 7.06.